The first-order chi connectivity index (χ1) is 7.70. The van der Waals surface area contributed by atoms with Crippen molar-refractivity contribution < 1.29 is 9.90 Å². The Balaban J connectivity index is 3.29. The Kier molecular flexibility index (Phi) is 4.18. The average molecular weight is 311 g/mol. The van der Waals surface area contributed by atoms with Gasteiger partial charge in [0.2, 0.25) is 0 Å². The first-order valence-corrected chi connectivity index (χ1v) is 9.56. The van der Waals surface area contributed by atoms with Gasteiger partial charge >= 0.3 is 5.97 Å². The molecule has 0 bridgehead atoms. The van der Waals surface area contributed by atoms with Crippen LogP contribution in [0.4, 0.5) is 0 Å². The highest BCUT2D eigenvalue weighted by molar-refractivity contribution is 9.10. The third-order valence-electron chi connectivity index (χ3n) is 2.12. The smallest absolute Gasteiger partial charge is 0.335 e. The summed E-state index contributed by atoms with van der Waals surface area (Å²) in [5, 5.41) is 9.05. The van der Waals surface area contributed by atoms with Gasteiger partial charge in [-0.15, -0.1) is 5.54 Å². The molecule has 0 aliphatic heterocycles. The lowest BCUT2D eigenvalue weighted by molar-refractivity contribution is 0.0696. The van der Waals surface area contributed by atoms with Gasteiger partial charge in [-0.25, -0.2) is 4.79 Å². The molecule has 1 aromatic carbocycles. The van der Waals surface area contributed by atoms with Crippen LogP contribution in [-0.2, 0) is 0 Å². The topological polar surface area (TPSA) is 37.3 Å². The van der Waals surface area contributed by atoms with Crippen LogP contribution >= 0.6 is 15.9 Å². The summed E-state index contributed by atoms with van der Waals surface area (Å²) in [6.45, 7) is 8.24. The van der Waals surface area contributed by atoms with E-state index < -0.39 is 14.0 Å². The number of carboxylic acid groups (broad SMARTS) is 1. The van der Waals surface area contributed by atoms with Gasteiger partial charge in [-0.2, -0.15) is 0 Å². The average Bonchev–Trinajstić information content (AvgIpc) is 2.14. The minimum Gasteiger partial charge on any atom is -0.478 e. The molecule has 0 aliphatic rings. The predicted octanol–water partition coefficient (Wildman–Crippen LogP) is 3.68. The zero-order valence-electron chi connectivity index (χ0n) is 10.4. The van der Waals surface area contributed by atoms with Gasteiger partial charge in [-0.05, 0) is 40.5 Å². The van der Waals surface area contributed by atoms with Crippen LogP contribution in [0, 0.1) is 18.4 Å². The number of benzene rings is 1. The van der Waals surface area contributed by atoms with Gasteiger partial charge in [-0.3, -0.25) is 0 Å². The summed E-state index contributed by atoms with van der Waals surface area (Å²) < 4.78 is 0.853. The quantitative estimate of drug-likeness (QED) is 0.634. The van der Waals surface area contributed by atoms with Crippen LogP contribution in [0.15, 0.2) is 16.6 Å². The predicted molar refractivity (Wildman–Crippen MR) is 76.1 cm³/mol. The number of carbonyl (C=O) groups is 1. The van der Waals surface area contributed by atoms with Crippen LogP contribution < -0.4 is 0 Å². The summed E-state index contributed by atoms with van der Waals surface area (Å²) in [6.07, 6.45) is 0. The molecule has 0 radical (unpaired) electrons. The number of halogens is 1. The first-order valence-electron chi connectivity index (χ1n) is 5.27. The molecule has 0 heterocycles. The van der Waals surface area contributed by atoms with E-state index in [9.17, 15) is 4.79 Å². The number of hydrogen-bond donors (Lipinski definition) is 1. The molecule has 90 valence electrons. The Labute approximate surface area is 111 Å². The molecule has 17 heavy (non-hydrogen) atoms. The molecular formula is C13H15BrO2Si. The third kappa shape index (κ3) is 4.03. The van der Waals surface area contributed by atoms with Crippen LogP contribution in [0.5, 0.6) is 0 Å². The minimum absolute atomic E-state index is 0.313. The van der Waals surface area contributed by atoms with Gasteiger partial charge < -0.3 is 5.11 Å². The molecule has 1 N–H and O–H groups in total. The van der Waals surface area contributed by atoms with Crippen molar-refractivity contribution in [1.29, 1.82) is 0 Å². The molecule has 4 heteroatoms. The maximum atomic E-state index is 11.0. The molecular weight excluding hydrogens is 296 g/mol. The second kappa shape index (κ2) is 5.07. The van der Waals surface area contributed by atoms with Gasteiger partial charge in [0.05, 0.1) is 5.56 Å². The molecule has 1 aromatic rings. The lowest BCUT2D eigenvalue weighted by atomic mass is 10.1. The van der Waals surface area contributed by atoms with Crippen molar-refractivity contribution in [1.82, 2.24) is 0 Å². The van der Waals surface area contributed by atoms with E-state index in [0.717, 1.165) is 15.6 Å². The minimum atomic E-state index is -1.45. The molecule has 0 aromatic heterocycles. The van der Waals surface area contributed by atoms with E-state index in [2.05, 4.69) is 47.0 Å². The third-order valence-corrected chi connectivity index (χ3v) is 3.65. The lowest BCUT2D eigenvalue weighted by Gasteiger charge is -2.06. The molecule has 0 aliphatic carbocycles. The van der Waals surface area contributed by atoms with Gasteiger partial charge in [0.1, 0.15) is 8.07 Å². The van der Waals surface area contributed by atoms with Gasteiger partial charge in [0, 0.05) is 10.0 Å². The van der Waals surface area contributed by atoms with E-state index in [1.807, 2.05) is 0 Å². The fraction of sp³-hybridized carbons (Fsp3) is 0.308. The van der Waals surface area contributed by atoms with Crippen LogP contribution in [0.25, 0.3) is 0 Å². The molecule has 0 fully saturated rings. The number of rotatable bonds is 1. The highest BCUT2D eigenvalue weighted by Gasteiger charge is 2.11. The molecule has 0 saturated carbocycles. The molecule has 0 spiro atoms. The van der Waals surface area contributed by atoms with Crippen molar-refractivity contribution in [3.63, 3.8) is 0 Å². The zero-order chi connectivity index (χ0) is 13.2. The molecule has 0 amide bonds. The zero-order valence-corrected chi connectivity index (χ0v) is 13.0. The van der Waals surface area contributed by atoms with Gasteiger partial charge in [0.25, 0.3) is 0 Å². The Bertz CT molecular complexity index is 519. The largest absolute Gasteiger partial charge is 0.478 e. The Morgan fingerprint density at radius 2 is 1.94 bits per heavy atom. The van der Waals surface area contributed by atoms with E-state index in [1.54, 1.807) is 19.1 Å². The van der Waals surface area contributed by atoms with Gasteiger partial charge in [0.15, 0.2) is 0 Å². The first kappa shape index (κ1) is 14.0. The molecule has 0 unspecified atom stereocenters. The molecule has 0 atom stereocenters. The summed E-state index contributed by atoms with van der Waals surface area (Å²) in [6, 6.07) is 3.44. The number of aromatic carboxylic acids is 1. The van der Waals surface area contributed by atoms with Crippen molar-refractivity contribution in [2.24, 2.45) is 0 Å². The van der Waals surface area contributed by atoms with Crippen LogP contribution in [-0.4, -0.2) is 19.1 Å². The van der Waals surface area contributed by atoms with Crippen LogP contribution in [0.2, 0.25) is 19.6 Å². The fourth-order valence-electron chi connectivity index (χ4n) is 1.25. The van der Waals surface area contributed by atoms with E-state index >= 15 is 0 Å². The van der Waals surface area contributed by atoms with Crippen molar-refractivity contribution in [3.8, 4) is 11.5 Å². The Morgan fingerprint density at radius 3 is 2.41 bits per heavy atom. The SMILES string of the molecule is Cc1cc(Br)c(C#C[Si](C)(C)C)cc1C(=O)O. The van der Waals surface area contributed by atoms with Crippen molar-refractivity contribution in [2.45, 2.75) is 26.6 Å². The summed E-state index contributed by atoms with van der Waals surface area (Å²) >= 11 is 3.42. The number of aryl methyl sites for hydroxylation is 1. The van der Waals surface area contributed by atoms with E-state index in [4.69, 9.17) is 5.11 Å². The summed E-state index contributed by atoms with van der Waals surface area (Å²) in [4.78, 5) is 11.0. The second-order valence-electron chi connectivity index (χ2n) is 4.95. The van der Waals surface area contributed by atoms with Crippen molar-refractivity contribution in [3.05, 3.63) is 33.3 Å². The maximum absolute atomic E-state index is 11.0. The van der Waals surface area contributed by atoms with Crippen molar-refractivity contribution in [2.75, 3.05) is 0 Å². The summed E-state index contributed by atoms with van der Waals surface area (Å²) in [7, 11) is -1.45. The number of carboxylic acids is 1. The highest BCUT2D eigenvalue weighted by Crippen LogP contribution is 2.21. The van der Waals surface area contributed by atoms with Crippen LogP contribution in [0.3, 0.4) is 0 Å². The Morgan fingerprint density at radius 1 is 1.35 bits per heavy atom. The molecule has 1 rings (SSSR count). The fourth-order valence-corrected chi connectivity index (χ4v) is 2.32. The van der Waals surface area contributed by atoms with Gasteiger partial charge in [-0.1, -0.05) is 25.6 Å². The summed E-state index contributed by atoms with van der Waals surface area (Å²) in [5.41, 5.74) is 5.03. The van der Waals surface area contributed by atoms with E-state index in [1.165, 1.54) is 0 Å². The normalized spacial score (nSPS) is 10.6. The lowest BCUT2D eigenvalue weighted by Crippen LogP contribution is -2.16. The van der Waals surface area contributed by atoms with E-state index in [-0.39, 0.29) is 0 Å². The molecule has 0 saturated heterocycles. The second-order valence-corrected chi connectivity index (χ2v) is 10.6. The van der Waals surface area contributed by atoms with Crippen LogP contribution in [0.1, 0.15) is 21.5 Å². The number of hydrogen-bond acceptors (Lipinski definition) is 1. The molecule has 2 nitrogen and oxygen atoms in total. The highest BCUT2D eigenvalue weighted by atomic mass is 79.9. The van der Waals surface area contributed by atoms with Crippen molar-refractivity contribution >= 4 is 30.0 Å². The standard InChI is InChI=1S/C13H15BrO2Si/c1-9-7-12(14)10(5-6-17(2,3)4)8-11(9)13(15)16/h7-8H,1-4H3,(H,15,16). The van der Waals surface area contributed by atoms with E-state index in [0.29, 0.717) is 5.56 Å². The monoisotopic (exact) mass is 310 g/mol. The summed E-state index contributed by atoms with van der Waals surface area (Å²) in [5.74, 6) is 2.17. The maximum Gasteiger partial charge on any atom is 0.335 e. The Hall–Kier alpha value is -1.05.